The van der Waals surface area contributed by atoms with E-state index in [1.807, 2.05) is 60.7 Å². The maximum absolute atomic E-state index is 3.99. The molecular weight excluding hydrogens is 307 g/mol. The summed E-state index contributed by atoms with van der Waals surface area (Å²) in [5.74, 6) is 0.704. The Hall–Kier alpha value is -0.417. The molecule has 0 amide bonds. The topological polar surface area (TPSA) is 0 Å². The smallest absolute Gasteiger partial charge is 0.340 e. The molecule has 2 aromatic carbocycles. The van der Waals surface area contributed by atoms with Gasteiger partial charge in [0.25, 0.3) is 0 Å². The van der Waals surface area contributed by atoms with Crippen LogP contribution in [0.4, 0.5) is 0 Å². The molecule has 0 saturated carbocycles. The standard InChI is InChI=1S/C8H17.2C5H5.Zr/c1-4-6-7-8(3)5-2;2*1-2-4-5-3-1;/h8H,3-7H2,1-2H3;2*1-5H;/q3*-1;+3. The molecule has 0 aliphatic heterocycles. The molecule has 0 heterocycles. The molecular formula is C18H27Zr. The predicted molar refractivity (Wildman–Crippen MR) is 82.7 cm³/mol. The first-order valence-corrected chi connectivity index (χ1v) is 6.97. The van der Waals surface area contributed by atoms with E-state index in [-0.39, 0.29) is 26.2 Å². The molecule has 0 bridgehead atoms. The Morgan fingerprint density at radius 1 is 0.895 bits per heavy atom. The second kappa shape index (κ2) is 17.6. The van der Waals surface area contributed by atoms with Crippen molar-refractivity contribution in [3.05, 3.63) is 67.6 Å². The van der Waals surface area contributed by atoms with Gasteiger partial charge >= 0.3 is 26.2 Å². The molecule has 0 saturated heterocycles. The van der Waals surface area contributed by atoms with Crippen LogP contribution in [0.2, 0.25) is 0 Å². The van der Waals surface area contributed by atoms with Crippen LogP contribution in [0.25, 0.3) is 0 Å². The van der Waals surface area contributed by atoms with E-state index in [9.17, 15) is 0 Å². The molecule has 2 rings (SSSR count). The second-order valence-electron chi connectivity index (χ2n) is 4.34. The molecule has 19 heavy (non-hydrogen) atoms. The molecule has 0 aliphatic carbocycles. The zero-order valence-electron chi connectivity index (χ0n) is 12.4. The van der Waals surface area contributed by atoms with Gasteiger partial charge in [-0.15, -0.1) is 0 Å². The quantitative estimate of drug-likeness (QED) is 0.616. The van der Waals surface area contributed by atoms with Gasteiger partial charge in [0.2, 0.25) is 0 Å². The van der Waals surface area contributed by atoms with Crippen molar-refractivity contribution in [2.24, 2.45) is 5.92 Å². The minimum absolute atomic E-state index is 0. The first-order chi connectivity index (χ1) is 8.81. The largest absolute Gasteiger partial charge is 3.00 e. The number of unbranched alkanes of at least 4 members (excludes halogenated alkanes) is 1. The van der Waals surface area contributed by atoms with Crippen molar-refractivity contribution in [2.75, 3.05) is 0 Å². The van der Waals surface area contributed by atoms with E-state index in [1.54, 1.807) is 0 Å². The zero-order chi connectivity index (χ0) is 13.5. The van der Waals surface area contributed by atoms with Crippen molar-refractivity contribution in [3.63, 3.8) is 0 Å². The maximum atomic E-state index is 3.99. The third-order valence-electron chi connectivity index (χ3n) is 2.65. The molecule has 0 N–H and O–H groups in total. The Morgan fingerprint density at radius 3 is 1.53 bits per heavy atom. The van der Waals surface area contributed by atoms with E-state index in [4.69, 9.17) is 0 Å². The summed E-state index contributed by atoms with van der Waals surface area (Å²) in [5.41, 5.74) is 0. The van der Waals surface area contributed by atoms with E-state index in [0.717, 1.165) is 0 Å². The van der Waals surface area contributed by atoms with Gasteiger partial charge in [-0.25, -0.2) is 24.3 Å². The molecule has 0 spiro atoms. The summed E-state index contributed by atoms with van der Waals surface area (Å²) in [4.78, 5) is 0. The Morgan fingerprint density at radius 2 is 1.32 bits per heavy atom. The fraction of sp³-hybridized carbons (Fsp3) is 0.389. The van der Waals surface area contributed by atoms with Crippen molar-refractivity contribution in [3.8, 4) is 0 Å². The van der Waals surface area contributed by atoms with E-state index < -0.39 is 0 Å². The van der Waals surface area contributed by atoms with Gasteiger partial charge in [0.05, 0.1) is 0 Å². The van der Waals surface area contributed by atoms with Crippen LogP contribution >= 0.6 is 0 Å². The number of rotatable bonds is 4. The molecule has 1 unspecified atom stereocenters. The van der Waals surface area contributed by atoms with Gasteiger partial charge in [-0.3, -0.25) is 0 Å². The fourth-order valence-electron chi connectivity index (χ4n) is 1.34. The fourth-order valence-corrected chi connectivity index (χ4v) is 1.34. The Kier molecular flexibility index (Phi) is 19.3. The molecule has 0 fully saturated rings. The SMILES string of the molecule is [CH2-]C(CC)CCCC.[Zr+3].c1cc[cH-]c1.c1cc[cH-]c1. The van der Waals surface area contributed by atoms with E-state index in [1.165, 1.54) is 25.7 Å². The van der Waals surface area contributed by atoms with Crippen LogP contribution in [0.3, 0.4) is 0 Å². The van der Waals surface area contributed by atoms with Gasteiger partial charge < -0.3 is 6.92 Å². The van der Waals surface area contributed by atoms with Gasteiger partial charge in [-0.1, -0.05) is 39.5 Å². The van der Waals surface area contributed by atoms with Crippen LogP contribution in [0.15, 0.2) is 60.7 Å². The van der Waals surface area contributed by atoms with Gasteiger partial charge in [-0.2, -0.15) is 42.3 Å². The van der Waals surface area contributed by atoms with Crippen molar-refractivity contribution >= 4 is 0 Å². The monoisotopic (exact) mass is 333 g/mol. The molecule has 103 valence electrons. The van der Waals surface area contributed by atoms with E-state index >= 15 is 0 Å². The van der Waals surface area contributed by atoms with Crippen LogP contribution in [0.1, 0.15) is 39.5 Å². The van der Waals surface area contributed by atoms with Crippen LogP contribution in [0, 0.1) is 12.8 Å². The first kappa shape index (κ1) is 20.9. The third kappa shape index (κ3) is 17.6. The second-order valence-corrected chi connectivity index (χ2v) is 4.34. The Bertz CT molecular complexity index is 234. The Balaban J connectivity index is 0. The summed E-state index contributed by atoms with van der Waals surface area (Å²) in [6.45, 7) is 8.42. The molecule has 0 aromatic heterocycles. The predicted octanol–water partition coefficient (Wildman–Crippen LogP) is 5.85. The molecule has 1 radical (unpaired) electrons. The maximum Gasteiger partial charge on any atom is 3.00 e. The van der Waals surface area contributed by atoms with Crippen LogP contribution < -0.4 is 0 Å². The van der Waals surface area contributed by atoms with E-state index in [0.29, 0.717) is 5.92 Å². The van der Waals surface area contributed by atoms with Gasteiger partial charge in [0, 0.05) is 0 Å². The van der Waals surface area contributed by atoms with Crippen molar-refractivity contribution in [2.45, 2.75) is 39.5 Å². The van der Waals surface area contributed by atoms with Crippen molar-refractivity contribution in [1.29, 1.82) is 0 Å². The summed E-state index contributed by atoms with van der Waals surface area (Å²) >= 11 is 0. The minimum atomic E-state index is 0. The van der Waals surface area contributed by atoms with Crippen LogP contribution in [-0.4, -0.2) is 0 Å². The van der Waals surface area contributed by atoms with Crippen LogP contribution in [0.5, 0.6) is 0 Å². The molecule has 1 atom stereocenters. The summed E-state index contributed by atoms with van der Waals surface area (Å²) in [7, 11) is 0. The Labute approximate surface area is 139 Å². The van der Waals surface area contributed by atoms with Gasteiger partial charge in [0.1, 0.15) is 0 Å². The molecule has 1 heteroatoms. The number of hydrogen-bond acceptors (Lipinski definition) is 0. The van der Waals surface area contributed by atoms with Crippen molar-refractivity contribution in [1.82, 2.24) is 0 Å². The summed E-state index contributed by atoms with van der Waals surface area (Å²) < 4.78 is 0. The summed E-state index contributed by atoms with van der Waals surface area (Å²) in [6.07, 6.45) is 5.21. The number of hydrogen-bond donors (Lipinski definition) is 0. The van der Waals surface area contributed by atoms with E-state index in [2.05, 4.69) is 20.8 Å². The summed E-state index contributed by atoms with van der Waals surface area (Å²) in [6, 6.07) is 20.0. The average Bonchev–Trinajstić information content (AvgIpc) is 3.12. The summed E-state index contributed by atoms with van der Waals surface area (Å²) in [5, 5.41) is 0. The third-order valence-corrected chi connectivity index (χ3v) is 2.65. The zero-order valence-corrected chi connectivity index (χ0v) is 14.8. The molecule has 2 aromatic rings. The molecule has 0 nitrogen and oxygen atoms in total. The van der Waals surface area contributed by atoms with Crippen LogP contribution in [-0.2, 0) is 26.2 Å². The van der Waals surface area contributed by atoms with Crippen molar-refractivity contribution < 1.29 is 26.2 Å². The van der Waals surface area contributed by atoms with Gasteiger partial charge in [-0.05, 0) is 0 Å². The van der Waals surface area contributed by atoms with Gasteiger partial charge in [0.15, 0.2) is 0 Å². The average molecular weight is 335 g/mol. The molecule has 0 aliphatic rings. The first-order valence-electron chi connectivity index (χ1n) is 6.97. The minimum Gasteiger partial charge on any atom is -0.340 e. The normalized spacial score (nSPS) is 10.1.